The number of hydrogen-bond acceptors (Lipinski definition) is 4. The van der Waals surface area contributed by atoms with Gasteiger partial charge >= 0.3 is 0 Å². The molecule has 0 bridgehead atoms. The van der Waals surface area contributed by atoms with Gasteiger partial charge in [-0.3, -0.25) is 4.99 Å². The molecule has 2 rings (SSSR count). The molecule has 1 unspecified atom stereocenters. The summed E-state index contributed by atoms with van der Waals surface area (Å²) in [5.74, 6) is 1.64. The molecule has 1 fully saturated rings. The predicted molar refractivity (Wildman–Crippen MR) is 90.1 cm³/mol. The lowest BCUT2D eigenvalue weighted by Gasteiger charge is -2.16. The lowest BCUT2D eigenvalue weighted by molar-refractivity contribution is 0.342. The predicted octanol–water partition coefficient (Wildman–Crippen LogP) is 1.50. The molecule has 1 aromatic rings. The maximum absolute atomic E-state index is 4.47. The summed E-state index contributed by atoms with van der Waals surface area (Å²) in [5, 5.41) is 10.1. The summed E-state index contributed by atoms with van der Waals surface area (Å²) in [6, 6.07) is 0. The fraction of sp³-hybridized carbons (Fsp3) is 0.733. The van der Waals surface area contributed by atoms with E-state index in [1.807, 2.05) is 14.0 Å². The van der Waals surface area contributed by atoms with E-state index in [4.69, 9.17) is 0 Å². The highest BCUT2D eigenvalue weighted by molar-refractivity contribution is 7.09. The van der Waals surface area contributed by atoms with Gasteiger partial charge in [0.05, 0.1) is 10.7 Å². The molecule has 0 radical (unpaired) electrons. The van der Waals surface area contributed by atoms with Crippen molar-refractivity contribution in [3.8, 4) is 0 Å². The zero-order valence-electron chi connectivity index (χ0n) is 13.4. The SMILES string of the molecule is CCN1CCC(CNC(=NC)NCCc2csc(C)n2)C1. The van der Waals surface area contributed by atoms with E-state index in [2.05, 4.69) is 37.8 Å². The number of aromatic nitrogens is 1. The highest BCUT2D eigenvalue weighted by atomic mass is 32.1. The normalized spacial score (nSPS) is 20.0. The fourth-order valence-electron chi connectivity index (χ4n) is 2.66. The van der Waals surface area contributed by atoms with Crippen molar-refractivity contribution in [2.24, 2.45) is 10.9 Å². The second-order valence-corrected chi connectivity index (χ2v) is 6.60. The van der Waals surface area contributed by atoms with Crippen LogP contribution in [0.25, 0.3) is 0 Å². The van der Waals surface area contributed by atoms with Gasteiger partial charge in [0.1, 0.15) is 0 Å². The summed E-state index contributed by atoms with van der Waals surface area (Å²) in [5.41, 5.74) is 1.16. The van der Waals surface area contributed by atoms with E-state index < -0.39 is 0 Å². The number of rotatable bonds is 6. The van der Waals surface area contributed by atoms with Gasteiger partial charge in [-0.15, -0.1) is 11.3 Å². The maximum atomic E-state index is 4.47. The maximum Gasteiger partial charge on any atom is 0.190 e. The minimum Gasteiger partial charge on any atom is -0.356 e. The van der Waals surface area contributed by atoms with Crippen LogP contribution in [0.15, 0.2) is 10.4 Å². The molecule has 0 spiro atoms. The van der Waals surface area contributed by atoms with Crippen LogP contribution in [-0.2, 0) is 6.42 Å². The Morgan fingerprint density at radius 1 is 1.52 bits per heavy atom. The summed E-state index contributed by atoms with van der Waals surface area (Å²) < 4.78 is 0. The quantitative estimate of drug-likeness (QED) is 0.618. The van der Waals surface area contributed by atoms with E-state index >= 15 is 0 Å². The van der Waals surface area contributed by atoms with Crippen LogP contribution in [0.2, 0.25) is 0 Å². The first kappa shape index (κ1) is 16.2. The third kappa shape index (κ3) is 5.28. The van der Waals surface area contributed by atoms with Crippen molar-refractivity contribution in [1.29, 1.82) is 0 Å². The van der Waals surface area contributed by atoms with Crippen LogP contribution in [0.1, 0.15) is 24.0 Å². The number of nitrogens with zero attached hydrogens (tertiary/aromatic N) is 3. The van der Waals surface area contributed by atoms with Crippen LogP contribution in [-0.4, -0.2) is 55.6 Å². The highest BCUT2D eigenvalue weighted by Crippen LogP contribution is 2.14. The summed E-state index contributed by atoms with van der Waals surface area (Å²) in [6.45, 7) is 9.76. The first-order valence-electron chi connectivity index (χ1n) is 7.79. The second-order valence-electron chi connectivity index (χ2n) is 5.54. The van der Waals surface area contributed by atoms with E-state index in [-0.39, 0.29) is 0 Å². The molecule has 0 aromatic carbocycles. The van der Waals surface area contributed by atoms with Gasteiger partial charge in [-0.05, 0) is 32.4 Å². The zero-order valence-corrected chi connectivity index (χ0v) is 14.2. The fourth-order valence-corrected chi connectivity index (χ4v) is 3.31. The largest absolute Gasteiger partial charge is 0.356 e. The summed E-state index contributed by atoms with van der Waals surface area (Å²) >= 11 is 1.71. The molecule has 2 heterocycles. The second kappa shape index (κ2) is 8.34. The van der Waals surface area contributed by atoms with Crippen molar-refractivity contribution in [2.45, 2.75) is 26.7 Å². The zero-order chi connectivity index (χ0) is 15.1. The molecule has 118 valence electrons. The van der Waals surface area contributed by atoms with Gasteiger partial charge in [-0.2, -0.15) is 0 Å². The number of aryl methyl sites for hydroxylation is 1. The van der Waals surface area contributed by atoms with Crippen LogP contribution in [0.3, 0.4) is 0 Å². The van der Waals surface area contributed by atoms with Crippen LogP contribution >= 0.6 is 11.3 Å². The number of nitrogens with one attached hydrogen (secondary N) is 2. The highest BCUT2D eigenvalue weighted by Gasteiger charge is 2.20. The van der Waals surface area contributed by atoms with Crippen LogP contribution in [0.4, 0.5) is 0 Å². The monoisotopic (exact) mass is 309 g/mol. The molecule has 1 aromatic heterocycles. The van der Waals surface area contributed by atoms with Crippen molar-refractivity contribution in [3.05, 3.63) is 16.1 Å². The number of likely N-dealkylation sites (tertiary alicyclic amines) is 1. The molecular weight excluding hydrogens is 282 g/mol. The van der Waals surface area contributed by atoms with Gasteiger partial charge in [0.2, 0.25) is 0 Å². The first-order valence-corrected chi connectivity index (χ1v) is 8.67. The molecular formula is C15H27N5S. The van der Waals surface area contributed by atoms with Crippen molar-refractivity contribution in [3.63, 3.8) is 0 Å². The van der Waals surface area contributed by atoms with Crippen LogP contribution < -0.4 is 10.6 Å². The molecule has 1 aliphatic heterocycles. The topological polar surface area (TPSA) is 52.5 Å². The van der Waals surface area contributed by atoms with Gasteiger partial charge in [-0.1, -0.05) is 6.92 Å². The van der Waals surface area contributed by atoms with Gasteiger partial charge in [0, 0.05) is 38.5 Å². The van der Waals surface area contributed by atoms with E-state index in [0.717, 1.165) is 48.6 Å². The van der Waals surface area contributed by atoms with Crippen molar-refractivity contribution >= 4 is 17.3 Å². The van der Waals surface area contributed by atoms with Crippen molar-refractivity contribution < 1.29 is 0 Å². The van der Waals surface area contributed by atoms with Gasteiger partial charge in [-0.25, -0.2) is 4.98 Å². The third-order valence-corrected chi connectivity index (χ3v) is 4.76. The van der Waals surface area contributed by atoms with E-state index in [0.29, 0.717) is 0 Å². The Bertz CT molecular complexity index is 457. The number of hydrogen-bond donors (Lipinski definition) is 2. The summed E-state index contributed by atoms with van der Waals surface area (Å²) in [6.07, 6.45) is 2.23. The van der Waals surface area contributed by atoms with Gasteiger partial charge in [0.25, 0.3) is 0 Å². The molecule has 6 heteroatoms. The smallest absolute Gasteiger partial charge is 0.190 e. The Kier molecular flexibility index (Phi) is 6.45. The lowest BCUT2D eigenvalue weighted by atomic mass is 10.1. The van der Waals surface area contributed by atoms with E-state index in [1.54, 1.807) is 11.3 Å². The molecule has 2 N–H and O–H groups in total. The minimum absolute atomic E-state index is 0.740. The number of guanidine groups is 1. The van der Waals surface area contributed by atoms with Gasteiger partial charge < -0.3 is 15.5 Å². The Balaban J connectivity index is 1.64. The van der Waals surface area contributed by atoms with E-state index in [1.165, 1.54) is 19.5 Å². The molecule has 1 saturated heterocycles. The average Bonchev–Trinajstić information content (AvgIpc) is 3.11. The molecule has 1 atom stereocenters. The molecule has 0 amide bonds. The standard InChI is InChI=1S/C15H27N5S/c1-4-20-8-6-13(10-20)9-18-15(16-3)17-7-5-14-11-21-12(2)19-14/h11,13H,4-10H2,1-3H3,(H2,16,17,18). The number of thiazole rings is 1. The molecule has 5 nitrogen and oxygen atoms in total. The first-order chi connectivity index (χ1) is 10.2. The summed E-state index contributed by atoms with van der Waals surface area (Å²) in [4.78, 5) is 11.3. The summed E-state index contributed by atoms with van der Waals surface area (Å²) in [7, 11) is 1.83. The minimum atomic E-state index is 0.740. The molecule has 21 heavy (non-hydrogen) atoms. The number of aliphatic imine (C=N–C) groups is 1. The molecule has 0 saturated carbocycles. The van der Waals surface area contributed by atoms with Crippen LogP contribution in [0.5, 0.6) is 0 Å². The van der Waals surface area contributed by atoms with Crippen molar-refractivity contribution in [2.75, 3.05) is 39.8 Å². The van der Waals surface area contributed by atoms with Crippen LogP contribution in [0, 0.1) is 12.8 Å². The Morgan fingerprint density at radius 3 is 3.00 bits per heavy atom. The average molecular weight is 309 g/mol. The molecule has 1 aliphatic rings. The Hall–Kier alpha value is -1.14. The molecule has 0 aliphatic carbocycles. The Labute approximate surface area is 131 Å². The Morgan fingerprint density at radius 2 is 2.38 bits per heavy atom. The van der Waals surface area contributed by atoms with Gasteiger partial charge in [0.15, 0.2) is 5.96 Å². The third-order valence-electron chi connectivity index (χ3n) is 3.94. The lowest BCUT2D eigenvalue weighted by Crippen LogP contribution is -2.41. The van der Waals surface area contributed by atoms with E-state index in [9.17, 15) is 0 Å². The van der Waals surface area contributed by atoms with Crippen molar-refractivity contribution in [1.82, 2.24) is 20.5 Å².